The minimum atomic E-state index is -2.00. The fraction of sp³-hybridized carbons (Fsp3) is 0.120. The van der Waals surface area contributed by atoms with Gasteiger partial charge in [-0.25, -0.2) is 0 Å². The molecule has 0 bridgehead atoms. The molecule has 0 aromatic carbocycles. The Morgan fingerprint density at radius 2 is 1.39 bits per heavy atom. The van der Waals surface area contributed by atoms with Gasteiger partial charge in [0.2, 0.25) is 5.41 Å². The third-order valence-electron chi connectivity index (χ3n) is 5.92. The van der Waals surface area contributed by atoms with Crippen molar-refractivity contribution in [3.8, 4) is 24.3 Å². The Balaban J connectivity index is 2.07. The molecular formula is C25H12N4S4. The molecule has 8 heteroatoms. The third kappa shape index (κ3) is 2.83. The zero-order valence-electron chi connectivity index (χ0n) is 16.9. The molecule has 0 spiro atoms. The van der Waals surface area contributed by atoms with E-state index in [9.17, 15) is 21.0 Å². The summed E-state index contributed by atoms with van der Waals surface area (Å²) in [4.78, 5) is 3.51. The number of hydrogen-bond donors (Lipinski definition) is 0. The van der Waals surface area contributed by atoms with Crippen LogP contribution < -0.4 is 0 Å². The molecule has 0 saturated heterocycles. The second-order valence-electron chi connectivity index (χ2n) is 7.35. The lowest BCUT2D eigenvalue weighted by molar-refractivity contribution is 0.294. The standard InChI is InChI=1S/C25H12N4S4/c26-12-24(13-27)16-7-11-33-23(16)21(19-6-3-10-32-19)22(25(24,14-28)15-29)20(17-4-1-8-30-17)18-5-2-9-31-18/h1-11,16H. The number of nitrogens with zero attached hydrogens (tertiary/aromatic N) is 4. The van der Waals surface area contributed by atoms with E-state index in [0.717, 1.165) is 30.7 Å². The first-order chi connectivity index (χ1) is 16.2. The molecule has 4 heterocycles. The summed E-state index contributed by atoms with van der Waals surface area (Å²) in [7, 11) is 0. The molecule has 1 unspecified atom stereocenters. The van der Waals surface area contributed by atoms with Crippen LogP contribution in [0.25, 0.3) is 11.1 Å². The van der Waals surface area contributed by atoms with E-state index in [1.54, 1.807) is 6.08 Å². The van der Waals surface area contributed by atoms with Gasteiger partial charge in [-0.05, 0) is 39.7 Å². The number of nitriles is 4. The van der Waals surface area contributed by atoms with Crippen molar-refractivity contribution in [1.82, 2.24) is 0 Å². The Morgan fingerprint density at radius 3 is 1.88 bits per heavy atom. The van der Waals surface area contributed by atoms with Crippen LogP contribution >= 0.6 is 45.8 Å². The highest BCUT2D eigenvalue weighted by Gasteiger charge is 2.66. The fourth-order valence-electron chi connectivity index (χ4n) is 4.48. The van der Waals surface area contributed by atoms with Crippen molar-refractivity contribution in [2.45, 2.75) is 0 Å². The molecule has 0 radical (unpaired) electrons. The summed E-state index contributed by atoms with van der Waals surface area (Å²) in [6, 6.07) is 20.3. The number of thioether (sulfide) groups is 1. The lowest BCUT2D eigenvalue weighted by Gasteiger charge is -2.43. The molecule has 3 aromatic rings. The SMILES string of the molecule is N#CC1(C#N)C(=C(c2cccs2)c2cccs2)C(c2cccs2)=C2SC=CC2C1(C#N)C#N. The van der Waals surface area contributed by atoms with Gasteiger partial charge >= 0.3 is 0 Å². The maximum absolute atomic E-state index is 10.6. The summed E-state index contributed by atoms with van der Waals surface area (Å²) in [5.41, 5.74) is -1.92. The van der Waals surface area contributed by atoms with Crippen molar-refractivity contribution in [2.24, 2.45) is 16.7 Å². The quantitative estimate of drug-likeness (QED) is 0.387. The smallest absolute Gasteiger partial charge is 0.196 e. The van der Waals surface area contributed by atoms with E-state index in [2.05, 4.69) is 24.3 Å². The summed E-state index contributed by atoms with van der Waals surface area (Å²) in [6.07, 6.45) is 1.79. The Kier molecular flexibility index (Phi) is 5.34. The number of hydrogen-bond acceptors (Lipinski definition) is 8. The van der Waals surface area contributed by atoms with Crippen molar-refractivity contribution in [3.63, 3.8) is 0 Å². The van der Waals surface area contributed by atoms with Gasteiger partial charge in [0.05, 0.1) is 24.3 Å². The summed E-state index contributed by atoms with van der Waals surface area (Å²) < 4.78 is 0. The van der Waals surface area contributed by atoms with Crippen LogP contribution in [-0.4, -0.2) is 0 Å². The molecule has 33 heavy (non-hydrogen) atoms. The average Bonchev–Trinajstić information content (AvgIpc) is 3.66. The van der Waals surface area contributed by atoms with Gasteiger partial charge in [0.25, 0.3) is 0 Å². The second-order valence-corrected chi connectivity index (χ2v) is 11.1. The van der Waals surface area contributed by atoms with E-state index in [-0.39, 0.29) is 0 Å². The summed E-state index contributed by atoms with van der Waals surface area (Å²) in [6.45, 7) is 0. The van der Waals surface area contributed by atoms with Crippen LogP contribution in [0.1, 0.15) is 14.6 Å². The van der Waals surface area contributed by atoms with Gasteiger partial charge in [0.1, 0.15) is 0 Å². The minimum Gasteiger partial charge on any atom is -0.196 e. The Bertz CT molecular complexity index is 1410. The average molecular weight is 497 g/mol. The van der Waals surface area contributed by atoms with Gasteiger partial charge in [-0.3, -0.25) is 0 Å². The molecule has 156 valence electrons. The molecule has 0 saturated carbocycles. The molecular weight excluding hydrogens is 485 g/mol. The summed E-state index contributed by atoms with van der Waals surface area (Å²) in [5, 5.41) is 49.8. The summed E-state index contributed by atoms with van der Waals surface area (Å²) >= 11 is 5.99. The molecule has 0 fully saturated rings. The molecule has 0 N–H and O–H groups in total. The van der Waals surface area contributed by atoms with E-state index in [1.807, 2.05) is 57.9 Å². The van der Waals surface area contributed by atoms with Gasteiger partial charge in [0.15, 0.2) is 5.41 Å². The third-order valence-corrected chi connectivity index (χ3v) is 9.59. The van der Waals surface area contributed by atoms with Crippen LogP contribution in [-0.2, 0) is 0 Å². The van der Waals surface area contributed by atoms with E-state index in [0.29, 0.717) is 5.57 Å². The molecule has 3 aromatic heterocycles. The van der Waals surface area contributed by atoms with Gasteiger partial charge in [-0.1, -0.05) is 24.3 Å². The first-order valence-electron chi connectivity index (χ1n) is 9.76. The lowest BCUT2D eigenvalue weighted by Crippen LogP contribution is -2.48. The number of rotatable bonds is 3. The van der Waals surface area contributed by atoms with E-state index in [4.69, 9.17) is 0 Å². The van der Waals surface area contributed by atoms with Crippen molar-refractivity contribution in [1.29, 1.82) is 21.0 Å². The van der Waals surface area contributed by atoms with Crippen molar-refractivity contribution < 1.29 is 0 Å². The molecule has 1 atom stereocenters. The highest BCUT2D eigenvalue weighted by atomic mass is 32.2. The van der Waals surface area contributed by atoms with Crippen LogP contribution in [0.5, 0.6) is 0 Å². The van der Waals surface area contributed by atoms with E-state index in [1.165, 1.54) is 45.8 Å². The van der Waals surface area contributed by atoms with Crippen molar-refractivity contribution >= 4 is 56.9 Å². The van der Waals surface area contributed by atoms with Gasteiger partial charge in [0, 0.05) is 42.2 Å². The van der Waals surface area contributed by atoms with Gasteiger partial charge < -0.3 is 0 Å². The van der Waals surface area contributed by atoms with Crippen molar-refractivity contribution in [3.05, 3.63) is 89.1 Å². The Hall–Kier alpha value is -3.37. The van der Waals surface area contributed by atoms with Crippen molar-refractivity contribution in [2.75, 3.05) is 0 Å². The molecule has 4 nitrogen and oxygen atoms in total. The summed E-state index contributed by atoms with van der Waals surface area (Å²) in [5.74, 6) is -0.662. The number of allylic oxidation sites excluding steroid dienone is 4. The minimum absolute atomic E-state index is 0.449. The van der Waals surface area contributed by atoms with Crippen LogP contribution in [0.4, 0.5) is 0 Å². The maximum Gasteiger partial charge on any atom is 0.202 e. The number of fused-ring (bicyclic) bond motifs is 1. The molecule has 5 rings (SSSR count). The highest BCUT2D eigenvalue weighted by molar-refractivity contribution is 8.06. The zero-order valence-corrected chi connectivity index (χ0v) is 20.1. The van der Waals surface area contributed by atoms with Gasteiger partial charge in [-0.2, -0.15) is 21.0 Å². The Morgan fingerprint density at radius 1 is 0.788 bits per heavy atom. The normalized spacial score (nSPS) is 19.8. The maximum atomic E-state index is 10.6. The zero-order chi connectivity index (χ0) is 23.1. The Labute approximate surface area is 207 Å². The molecule has 1 aliphatic carbocycles. The van der Waals surface area contributed by atoms with Gasteiger partial charge in [-0.15, -0.1) is 45.8 Å². The monoisotopic (exact) mass is 496 g/mol. The molecule has 1 aliphatic heterocycles. The highest BCUT2D eigenvalue weighted by Crippen LogP contribution is 2.66. The van der Waals surface area contributed by atoms with Crippen LogP contribution in [0, 0.1) is 62.1 Å². The predicted molar refractivity (Wildman–Crippen MR) is 133 cm³/mol. The van der Waals surface area contributed by atoms with Crippen LogP contribution in [0.3, 0.4) is 0 Å². The van der Waals surface area contributed by atoms with Crippen LogP contribution in [0.2, 0.25) is 0 Å². The molecule has 2 aliphatic rings. The second kappa shape index (κ2) is 8.20. The first kappa shape index (κ1) is 21.5. The van der Waals surface area contributed by atoms with E-state index < -0.39 is 16.7 Å². The van der Waals surface area contributed by atoms with E-state index >= 15 is 0 Å². The lowest BCUT2D eigenvalue weighted by atomic mass is 9.51. The predicted octanol–water partition coefficient (Wildman–Crippen LogP) is 7.04. The number of thiophene rings is 3. The largest absolute Gasteiger partial charge is 0.202 e. The molecule has 0 amide bonds. The first-order valence-corrected chi connectivity index (χ1v) is 13.3. The van der Waals surface area contributed by atoms with Crippen LogP contribution in [0.15, 0.2) is 74.5 Å². The fourth-order valence-corrected chi connectivity index (χ4v) is 8.10. The topological polar surface area (TPSA) is 95.2 Å².